The molecule has 0 N–H and O–H groups in total. The molecule has 0 fully saturated rings. The number of hydrogen-bond donors (Lipinski definition) is 0. The quantitative estimate of drug-likeness (QED) is 0.719. The van der Waals surface area contributed by atoms with Crippen LogP contribution in [0.15, 0.2) is 24.3 Å². The topological polar surface area (TPSA) is 35.5 Å². The molecule has 1 unspecified atom stereocenters. The first kappa shape index (κ1) is 12.6. The van der Waals surface area contributed by atoms with E-state index in [9.17, 15) is 4.79 Å². The molecule has 3 nitrogen and oxygen atoms in total. The molecule has 1 aromatic rings. The molecule has 1 aromatic carbocycles. The number of rotatable bonds is 5. The summed E-state index contributed by atoms with van der Waals surface area (Å²) in [5, 5.41) is 0. The molecular formula is C13H18O3. The number of methoxy groups -OCH3 is 2. The summed E-state index contributed by atoms with van der Waals surface area (Å²) >= 11 is 0. The van der Waals surface area contributed by atoms with E-state index in [1.54, 1.807) is 7.11 Å². The lowest BCUT2D eigenvalue weighted by atomic mass is 9.93. The molecule has 0 heterocycles. The minimum atomic E-state index is -0.164. The highest BCUT2D eigenvalue weighted by Crippen LogP contribution is 2.25. The molecule has 0 aliphatic rings. The molecule has 0 saturated carbocycles. The lowest BCUT2D eigenvalue weighted by Crippen LogP contribution is -2.07. The van der Waals surface area contributed by atoms with E-state index in [4.69, 9.17) is 4.74 Å². The van der Waals surface area contributed by atoms with Crippen molar-refractivity contribution < 1.29 is 14.3 Å². The molecule has 3 heteroatoms. The molecule has 0 aromatic heterocycles. The van der Waals surface area contributed by atoms with Gasteiger partial charge in [0.25, 0.3) is 0 Å². The minimum Gasteiger partial charge on any atom is -0.497 e. The zero-order chi connectivity index (χ0) is 12.0. The van der Waals surface area contributed by atoms with E-state index in [2.05, 4.69) is 11.7 Å². The predicted octanol–water partition coefficient (Wildman–Crippen LogP) is 2.75. The third-order valence-electron chi connectivity index (χ3n) is 2.72. The second kappa shape index (κ2) is 6.16. The van der Waals surface area contributed by atoms with Gasteiger partial charge in [0, 0.05) is 0 Å². The van der Waals surface area contributed by atoms with Crippen LogP contribution in [0.3, 0.4) is 0 Å². The third-order valence-corrected chi connectivity index (χ3v) is 2.72. The van der Waals surface area contributed by atoms with Crippen molar-refractivity contribution in [3.05, 3.63) is 29.8 Å². The normalized spacial score (nSPS) is 11.9. The van der Waals surface area contributed by atoms with Crippen LogP contribution in [0, 0.1) is 0 Å². The largest absolute Gasteiger partial charge is 0.497 e. The first-order valence-corrected chi connectivity index (χ1v) is 5.42. The van der Waals surface area contributed by atoms with E-state index in [0.29, 0.717) is 6.42 Å². The average molecular weight is 222 g/mol. The van der Waals surface area contributed by atoms with Crippen LogP contribution >= 0.6 is 0 Å². The van der Waals surface area contributed by atoms with Crippen molar-refractivity contribution >= 4 is 5.97 Å². The Morgan fingerprint density at radius 3 is 2.31 bits per heavy atom. The van der Waals surface area contributed by atoms with Gasteiger partial charge >= 0.3 is 5.97 Å². The molecule has 0 amide bonds. The summed E-state index contributed by atoms with van der Waals surface area (Å²) < 4.78 is 9.78. The number of carbonyl (C=O) groups is 1. The fourth-order valence-corrected chi connectivity index (χ4v) is 1.66. The Balaban J connectivity index is 2.74. The van der Waals surface area contributed by atoms with Gasteiger partial charge in [0.1, 0.15) is 5.75 Å². The van der Waals surface area contributed by atoms with Crippen molar-refractivity contribution in [1.82, 2.24) is 0 Å². The van der Waals surface area contributed by atoms with Crippen LogP contribution in [0.2, 0.25) is 0 Å². The van der Waals surface area contributed by atoms with Crippen LogP contribution in [0.4, 0.5) is 0 Å². The van der Waals surface area contributed by atoms with E-state index < -0.39 is 0 Å². The zero-order valence-electron chi connectivity index (χ0n) is 10.0. The summed E-state index contributed by atoms with van der Waals surface area (Å²) in [6.07, 6.45) is 1.35. The standard InChI is InChI=1S/C13H18O3/c1-4-10(9-13(14)16-3)11-5-7-12(15-2)8-6-11/h5-8,10H,4,9H2,1-3H3. The fraction of sp³-hybridized carbons (Fsp3) is 0.462. The number of hydrogen-bond acceptors (Lipinski definition) is 3. The Bertz CT molecular complexity index is 330. The molecule has 16 heavy (non-hydrogen) atoms. The highest BCUT2D eigenvalue weighted by Gasteiger charge is 2.14. The van der Waals surface area contributed by atoms with Crippen LogP contribution in [-0.2, 0) is 9.53 Å². The van der Waals surface area contributed by atoms with Crippen LogP contribution in [0.1, 0.15) is 31.2 Å². The number of carbonyl (C=O) groups excluding carboxylic acids is 1. The molecule has 1 atom stereocenters. The Hall–Kier alpha value is -1.51. The maximum absolute atomic E-state index is 11.2. The summed E-state index contributed by atoms with van der Waals surface area (Å²) in [7, 11) is 3.06. The van der Waals surface area contributed by atoms with Gasteiger partial charge in [-0.25, -0.2) is 0 Å². The number of ether oxygens (including phenoxy) is 2. The fourth-order valence-electron chi connectivity index (χ4n) is 1.66. The van der Waals surface area contributed by atoms with E-state index in [0.717, 1.165) is 17.7 Å². The molecule has 0 aliphatic heterocycles. The van der Waals surface area contributed by atoms with Crippen molar-refractivity contribution in [2.75, 3.05) is 14.2 Å². The minimum absolute atomic E-state index is 0.164. The van der Waals surface area contributed by atoms with Crippen LogP contribution in [0.5, 0.6) is 5.75 Å². The van der Waals surface area contributed by atoms with Gasteiger partial charge in [0.15, 0.2) is 0 Å². The second-order valence-corrected chi connectivity index (χ2v) is 3.66. The Morgan fingerprint density at radius 1 is 1.25 bits per heavy atom. The molecule has 0 radical (unpaired) electrons. The third kappa shape index (κ3) is 3.26. The molecule has 0 bridgehead atoms. The number of benzene rings is 1. The highest BCUT2D eigenvalue weighted by atomic mass is 16.5. The molecule has 0 saturated heterocycles. The van der Waals surface area contributed by atoms with Gasteiger partial charge in [-0.3, -0.25) is 4.79 Å². The monoisotopic (exact) mass is 222 g/mol. The van der Waals surface area contributed by atoms with E-state index in [1.165, 1.54) is 7.11 Å². The van der Waals surface area contributed by atoms with Gasteiger partial charge in [-0.1, -0.05) is 19.1 Å². The summed E-state index contributed by atoms with van der Waals surface area (Å²) in [4.78, 5) is 11.2. The van der Waals surface area contributed by atoms with Gasteiger partial charge in [-0.05, 0) is 30.0 Å². The van der Waals surface area contributed by atoms with E-state index >= 15 is 0 Å². The summed E-state index contributed by atoms with van der Waals surface area (Å²) in [6.45, 7) is 2.07. The lowest BCUT2D eigenvalue weighted by molar-refractivity contribution is -0.141. The average Bonchev–Trinajstić information content (AvgIpc) is 2.35. The highest BCUT2D eigenvalue weighted by molar-refractivity contribution is 5.70. The van der Waals surface area contributed by atoms with Crippen molar-refractivity contribution in [2.24, 2.45) is 0 Å². The first-order valence-electron chi connectivity index (χ1n) is 5.42. The first-order chi connectivity index (χ1) is 7.71. The van der Waals surface area contributed by atoms with Gasteiger partial charge in [-0.15, -0.1) is 0 Å². The molecular weight excluding hydrogens is 204 g/mol. The van der Waals surface area contributed by atoms with Crippen molar-refractivity contribution in [1.29, 1.82) is 0 Å². The zero-order valence-corrected chi connectivity index (χ0v) is 10.0. The Labute approximate surface area is 96.4 Å². The summed E-state index contributed by atoms with van der Waals surface area (Å²) in [5.41, 5.74) is 1.15. The van der Waals surface area contributed by atoms with Crippen LogP contribution in [-0.4, -0.2) is 20.2 Å². The maximum atomic E-state index is 11.2. The second-order valence-electron chi connectivity index (χ2n) is 3.66. The molecule has 1 rings (SSSR count). The molecule has 88 valence electrons. The Kier molecular flexibility index (Phi) is 4.83. The Morgan fingerprint density at radius 2 is 1.88 bits per heavy atom. The van der Waals surface area contributed by atoms with Gasteiger partial charge in [-0.2, -0.15) is 0 Å². The van der Waals surface area contributed by atoms with Crippen LogP contribution < -0.4 is 4.74 Å². The summed E-state index contributed by atoms with van der Waals surface area (Å²) in [6, 6.07) is 7.82. The van der Waals surface area contributed by atoms with Crippen LogP contribution in [0.25, 0.3) is 0 Å². The SMILES string of the molecule is CCC(CC(=O)OC)c1ccc(OC)cc1. The van der Waals surface area contributed by atoms with Gasteiger partial charge in [0.05, 0.1) is 20.6 Å². The summed E-state index contributed by atoms with van der Waals surface area (Å²) in [5.74, 6) is 0.887. The number of esters is 1. The van der Waals surface area contributed by atoms with Crippen molar-refractivity contribution in [3.63, 3.8) is 0 Å². The van der Waals surface area contributed by atoms with E-state index in [-0.39, 0.29) is 11.9 Å². The van der Waals surface area contributed by atoms with E-state index in [1.807, 2.05) is 24.3 Å². The van der Waals surface area contributed by atoms with Gasteiger partial charge in [0.2, 0.25) is 0 Å². The lowest BCUT2D eigenvalue weighted by Gasteiger charge is -2.14. The molecule has 0 spiro atoms. The molecule has 0 aliphatic carbocycles. The van der Waals surface area contributed by atoms with Crippen molar-refractivity contribution in [2.45, 2.75) is 25.7 Å². The smallest absolute Gasteiger partial charge is 0.306 e. The van der Waals surface area contributed by atoms with Gasteiger partial charge < -0.3 is 9.47 Å². The maximum Gasteiger partial charge on any atom is 0.306 e. The predicted molar refractivity (Wildman–Crippen MR) is 62.7 cm³/mol. The van der Waals surface area contributed by atoms with Crippen molar-refractivity contribution in [3.8, 4) is 5.75 Å².